The van der Waals surface area contributed by atoms with Gasteiger partial charge in [0.25, 0.3) is 12.4 Å². The number of carbonyl (C=O) groups excluding carboxylic acids is 1. The van der Waals surface area contributed by atoms with Crippen LogP contribution in [0.3, 0.4) is 0 Å². The van der Waals surface area contributed by atoms with Crippen molar-refractivity contribution in [3.05, 3.63) is 46.6 Å². The van der Waals surface area contributed by atoms with Gasteiger partial charge in [-0.15, -0.1) is 0 Å². The smallest absolute Gasteiger partial charge is 0.321 e. The number of oxazole rings is 1. The van der Waals surface area contributed by atoms with Gasteiger partial charge in [-0.1, -0.05) is 29.5 Å². The average molecular weight is 492 g/mol. The Bertz CT molecular complexity index is 1190. The number of hydrogen-bond acceptors (Lipinski definition) is 8. The first kappa shape index (κ1) is 22.7. The van der Waals surface area contributed by atoms with Crippen LogP contribution >= 0.6 is 11.3 Å². The van der Waals surface area contributed by atoms with E-state index in [1.54, 1.807) is 25.3 Å². The maximum absolute atomic E-state index is 13.1. The van der Waals surface area contributed by atoms with Crippen LogP contribution < -0.4 is 15.5 Å². The topological polar surface area (TPSA) is 113 Å². The minimum atomic E-state index is -2.57. The van der Waals surface area contributed by atoms with E-state index in [1.165, 1.54) is 23.5 Å². The van der Waals surface area contributed by atoms with E-state index in [-0.39, 0.29) is 30.3 Å². The monoisotopic (exact) mass is 491 g/mol. The second-order valence-electron chi connectivity index (χ2n) is 8.26. The summed E-state index contributed by atoms with van der Waals surface area (Å²) in [7, 11) is 0. The number of nitrogens with one attached hydrogen (secondary N) is 2. The molecule has 0 unspecified atom stereocenters. The Kier molecular flexibility index (Phi) is 6.19. The van der Waals surface area contributed by atoms with Gasteiger partial charge in [-0.05, 0) is 13.0 Å². The van der Waals surface area contributed by atoms with Gasteiger partial charge in [0.1, 0.15) is 0 Å². The first-order chi connectivity index (χ1) is 16.4. The number of anilines is 2. The first-order valence-corrected chi connectivity index (χ1v) is 11.6. The van der Waals surface area contributed by atoms with E-state index in [1.807, 2.05) is 4.90 Å². The molecule has 1 fully saturated rings. The van der Waals surface area contributed by atoms with Crippen LogP contribution in [0.25, 0.3) is 11.3 Å². The predicted octanol–water partition coefficient (Wildman–Crippen LogP) is 3.74. The maximum Gasteiger partial charge on any atom is 0.321 e. The molecule has 0 spiro atoms. The summed E-state index contributed by atoms with van der Waals surface area (Å²) in [5.41, 5.74) is 1.34. The minimum Gasteiger partial charge on any atom is -0.423 e. The zero-order chi connectivity index (χ0) is 23.8. The minimum absolute atomic E-state index is 0.0664. The van der Waals surface area contributed by atoms with Crippen LogP contribution in [0, 0.1) is 0 Å². The molecule has 3 atom stereocenters. The number of alkyl halides is 2. The van der Waals surface area contributed by atoms with Crippen molar-refractivity contribution >= 4 is 28.5 Å². The summed E-state index contributed by atoms with van der Waals surface area (Å²) < 4.78 is 38.0. The number of aliphatic hydroxyl groups is 1. The quantitative estimate of drug-likeness (QED) is 0.482. The number of thiazole rings is 1. The van der Waals surface area contributed by atoms with Gasteiger partial charge >= 0.3 is 6.03 Å². The van der Waals surface area contributed by atoms with Crippen LogP contribution in [0.15, 0.2) is 34.9 Å². The largest absolute Gasteiger partial charge is 0.423 e. The Morgan fingerprint density at radius 3 is 3.03 bits per heavy atom. The molecule has 180 valence electrons. The third kappa shape index (κ3) is 4.36. The fraction of sp³-hybridized carbons (Fsp3) is 0.409. The molecule has 9 nitrogen and oxygen atoms in total. The lowest BCUT2D eigenvalue weighted by Gasteiger charge is -2.43. The van der Waals surface area contributed by atoms with Gasteiger partial charge in [0, 0.05) is 17.5 Å². The summed E-state index contributed by atoms with van der Waals surface area (Å²) in [4.78, 5) is 24.2. The molecule has 0 aliphatic carbocycles. The number of morpholine rings is 1. The number of amides is 2. The summed E-state index contributed by atoms with van der Waals surface area (Å²) in [5, 5.41) is 14.9. The number of fused-ring (bicyclic) bond motifs is 4. The number of urea groups is 1. The van der Waals surface area contributed by atoms with Crippen LogP contribution in [0.2, 0.25) is 0 Å². The molecule has 12 heteroatoms. The third-order valence-electron chi connectivity index (χ3n) is 5.78. The molecule has 4 heterocycles. The van der Waals surface area contributed by atoms with Crippen LogP contribution in [0.4, 0.5) is 24.7 Å². The van der Waals surface area contributed by atoms with Crippen molar-refractivity contribution in [2.75, 3.05) is 30.0 Å². The fourth-order valence-electron chi connectivity index (χ4n) is 4.17. The van der Waals surface area contributed by atoms with Gasteiger partial charge in [-0.25, -0.2) is 23.5 Å². The molecule has 3 aromatic rings. The number of carbonyl (C=O) groups is 1. The molecule has 2 amide bonds. The van der Waals surface area contributed by atoms with Gasteiger partial charge in [0.05, 0.1) is 54.7 Å². The summed E-state index contributed by atoms with van der Waals surface area (Å²) in [6.45, 7) is 2.39. The second kappa shape index (κ2) is 9.28. The van der Waals surface area contributed by atoms with Gasteiger partial charge in [0.2, 0.25) is 0 Å². The Hall–Kier alpha value is -3.09. The van der Waals surface area contributed by atoms with E-state index in [0.717, 1.165) is 10.6 Å². The third-order valence-corrected chi connectivity index (χ3v) is 6.90. The van der Waals surface area contributed by atoms with Gasteiger partial charge < -0.3 is 24.5 Å². The van der Waals surface area contributed by atoms with Crippen LogP contribution in [0.5, 0.6) is 0 Å². The van der Waals surface area contributed by atoms with Crippen LogP contribution in [-0.4, -0.2) is 53.0 Å². The average Bonchev–Trinajstić information content (AvgIpc) is 3.46. The Balaban J connectivity index is 1.39. The van der Waals surface area contributed by atoms with E-state index in [0.29, 0.717) is 42.1 Å². The summed E-state index contributed by atoms with van der Waals surface area (Å²) >= 11 is 1.35. The van der Waals surface area contributed by atoms with E-state index in [4.69, 9.17) is 14.3 Å². The Labute approximate surface area is 197 Å². The lowest BCUT2D eigenvalue weighted by atomic mass is 9.97. The molecule has 2 bridgehead atoms. The van der Waals surface area contributed by atoms with Crippen molar-refractivity contribution in [1.29, 1.82) is 0 Å². The summed E-state index contributed by atoms with van der Waals surface area (Å²) in [6, 6.07) is 5.36. The summed E-state index contributed by atoms with van der Waals surface area (Å²) in [6.07, 6.45) is -0.447. The van der Waals surface area contributed by atoms with Gasteiger partial charge in [0.15, 0.2) is 10.9 Å². The Morgan fingerprint density at radius 1 is 1.38 bits per heavy atom. The van der Waals surface area contributed by atoms with Crippen molar-refractivity contribution < 1.29 is 27.8 Å². The highest BCUT2D eigenvalue weighted by Gasteiger charge is 2.42. The lowest BCUT2D eigenvalue weighted by Crippen LogP contribution is -2.51. The van der Waals surface area contributed by atoms with Crippen molar-refractivity contribution in [2.24, 2.45) is 0 Å². The standard InChI is InChI=1S/C22H23F2N5O4S/c1-11(8-30)26-20(31)28-21-27-15-6-14-9-32-10-16(18(15)34-21)29(14)22-25-7-17(33-22)12-3-2-4-13(5-12)19(23)24/h2-5,7,11,14,16,19,30H,6,8-10H2,1H3,(H2,26,27,28,31)/t11-,14-,16-/m0/s1. The highest BCUT2D eigenvalue weighted by molar-refractivity contribution is 7.16. The van der Waals surface area contributed by atoms with E-state index in [2.05, 4.69) is 20.6 Å². The van der Waals surface area contributed by atoms with Crippen molar-refractivity contribution in [2.45, 2.75) is 37.9 Å². The molecule has 2 aromatic heterocycles. The molecule has 3 N–H and O–H groups in total. The Morgan fingerprint density at radius 2 is 2.24 bits per heavy atom. The number of benzene rings is 1. The number of ether oxygens (including phenoxy) is 1. The number of rotatable bonds is 6. The van der Waals surface area contributed by atoms with E-state index >= 15 is 0 Å². The molecule has 0 saturated carbocycles. The zero-order valence-electron chi connectivity index (χ0n) is 18.2. The van der Waals surface area contributed by atoms with Crippen molar-refractivity contribution in [3.8, 4) is 11.3 Å². The van der Waals surface area contributed by atoms with Crippen LogP contribution in [-0.2, 0) is 11.2 Å². The highest BCUT2D eigenvalue weighted by Crippen LogP contribution is 2.43. The molecule has 1 aromatic carbocycles. The molecule has 34 heavy (non-hydrogen) atoms. The molecule has 1 saturated heterocycles. The van der Waals surface area contributed by atoms with Gasteiger partial charge in [-0.2, -0.15) is 0 Å². The fourth-order valence-corrected chi connectivity index (χ4v) is 5.25. The number of hydrogen-bond donors (Lipinski definition) is 3. The molecule has 0 radical (unpaired) electrons. The lowest BCUT2D eigenvalue weighted by molar-refractivity contribution is 0.0578. The zero-order valence-corrected chi connectivity index (χ0v) is 19.0. The van der Waals surface area contributed by atoms with Crippen molar-refractivity contribution in [3.63, 3.8) is 0 Å². The second-order valence-corrected chi connectivity index (χ2v) is 9.29. The maximum atomic E-state index is 13.1. The van der Waals surface area contributed by atoms with E-state index in [9.17, 15) is 13.6 Å². The highest BCUT2D eigenvalue weighted by atomic mass is 32.1. The first-order valence-electron chi connectivity index (χ1n) is 10.8. The van der Waals surface area contributed by atoms with Crippen molar-refractivity contribution in [1.82, 2.24) is 15.3 Å². The van der Waals surface area contributed by atoms with E-state index < -0.39 is 12.5 Å². The number of aromatic nitrogens is 2. The van der Waals surface area contributed by atoms with Gasteiger partial charge in [-0.3, -0.25) is 5.32 Å². The number of halogens is 2. The molecule has 2 aliphatic rings. The molecular weight excluding hydrogens is 468 g/mol. The SMILES string of the molecule is C[C@@H](CO)NC(=O)Nc1nc2c(s1)[C@@H]1COC[C@H](C2)N1c1ncc(-c2cccc(C(F)F)c2)o1. The number of aliphatic hydroxyl groups excluding tert-OH is 1. The molecule has 2 aliphatic heterocycles. The number of nitrogens with zero attached hydrogens (tertiary/aromatic N) is 3. The van der Waals surface area contributed by atoms with Crippen LogP contribution in [0.1, 0.15) is 35.5 Å². The summed E-state index contributed by atoms with van der Waals surface area (Å²) in [5.74, 6) is 0.406. The molecular formula is C22H23F2N5O4S. The predicted molar refractivity (Wildman–Crippen MR) is 121 cm³/mol. The molecule has 5 rings (SSSR count). The normalized spacial score (nSPS) is 20.2.